The Morgan fingerprint density at radius 2 is 2.40 bits per heavy atom. The van der Waals surface area contributed by atoms with Crippen LogP contribution in [0.1, 0.15) is 24.1 Å². The molecule has 1 aromatic rings. The molecule has 1 unspecified atom stereocenters. The van der Waals surface area contributed by atoms with Gasteiger partial charge < -0.3 is 10.7 Å². The van der Waals surface area contributed by atoms with E-state index in [-0.39, 0.29) is 6.04 Å². The second-order valence-corrected chi connectivity index (χ2v) is 2.22. The molecule has 0 fully saturated rings. The molecule has 0 radical (unpaired) electrons. The Labute approximate surface area is 59.5 Å². The number of nitriles is 1. The van der Waals surface area contributed by atoms with Gasteiger partial charge in [-0.15, -0.1) is 0 Å². The van der Waals surface area contributed by atoms with Gasteiger partial charge >= 0.3 is 0 Å². The number of rotatable bonds is 1. The molecular formula is C7H9N3. The lowest BCUT2D eigenvalue weighted by atomic mass is 10.1. The Morgan fingerprint density at radius 3 is 2.80 bits per heavy atom. The van der Waals surface area contributed by atoms with Crippen LogP contribution in [0.5, 0.6) is 0 Å². The number of nitrogens with zero attached hydrogens (tertiary/aromatic N) is 1. The molecule has 1 atom stereocenters. The lowest BCUT2D eigenvalue weighted by Gasteiger charge is -1.99. The first-order valence-corrected chi connectivity index (χ1v) is 3.08. The van der Waals surface area contributed by atoms with Gasteiger partial charge in [-0.25, -0.2) is 0 Å². The van der Waals surface area contributed by atoms with E-state index < -0.39 is 0 Å². The van der Waals surface area contributed by atoms with Gasteiger partial charge in [-0.05, 0) is 6.92 Å². The van der Waals surface area contributed by atoms with Crippen LogP contribution >= 0.6 is 0 Å². The fraction of sp³-hybridized carbons (Fsp3) is 0.286. The smallest absolute Gasteiger partial charge is 0.101 e. The number of hydrogen-bond donors (Lipinski definition) is 2. The zero-order valence-corrected chi connectivity index (χ0v) is 5.76. The van der Waals surface area contributed by atoms with E-state index in [2.05, 4.69) is 4.98 Å². The van der Waals surface area contributed by atoms with E-state index in [1.54, 1.807) is 12.4 Å². The molecule has 1 aromatic heterocycles. The van der Waals surface area contributed by atoms with Crippen molar-refractivity contribution in [3.05, 3.63) is 23.5 Å². The topological polar surface area (TPSA) is 65.6 Å². The second kappa shape index (κ2) is 2.54. The van der Waals surface area contributed by atoms with Gasteiger partial charge in [0.05, 0.1) is 5.56 Å². The summed E-state index contributed by atoms with van der Waals surface area (Å²) in [6.45, 7) is 1.85. The van der Waals surface area contributed by atoms with E-state index in [4.69, 9.17) is 11.0 Å². The molecule has 3 N–H and O–H groups in total. The van der Waals surface area contributed by atoms with Crippen LogP contribution in [0.4, 0.5) is 0 Å². The SMILES string of the molecule is CC(N)c1c[nH]cc1C#N. The number of nitrogens with one attached hydrogen (secondary N) is 1. The van der Waals surface area contributed by atoms with Gasteiger partial charge in [-0.2, -0.15) is 5.26 Å². The van der Waals surface area contributed by atoms with Crippen molar-refractivity contribution in [2.24, 2.45) is 5.73 Å². The highest BCUT2D eigenvalue weighted by molar-refractivity contribution is 5.36. The highest BCUT2D eigenvalue weighted by atomic mass is 14.7. The van der Waals surface area contributed by atoms with Gasteiger partial charge in [0.1, 0.15) is 6.07 Å². The number of hydrogen-bond acceptors (Lipinski definition) is 2. The molecule has 0 bridgehead atoms. The Bertz CT molecular complexity index is 254. The van der Waals surface area contributed by atoms with Crippen LogP contribution in [0.25, 0.3) is 0 Å². The summed E-state index contributed by atoms with van der Waals surface area (Å²) in [5.74, 6) is 0. The Morgan fingerprint density at radius 1 is 1.70 bits per heavy atom. The summed E-state index contributed by atoms with van der Waals surface area (Å²) in [4.78, 5) is 2.83. The Kier molecular flexibility index (Phi) is 1.74. The molecule has 0 aliphatic rings. The number of aromatic amines is 1. The first kappa shape index (κ1) is 6.84. The predicted molar refractivity (Wildman–Crippen MR) is 38.1 cm³/mol. The Hall–Kier alpha value is -1.27. The first-order chi connectivity index (χ1) is 4.75. The van der Waals surface area contributed by atoms with Gasteiger partial charge in [0.15, 0.2) is 0 Å². The standard InChI is InChI=1S/C7H9N3/c1-5(9)7-4-10-3-6(7)2-8/h3-5,10H,9H2,1H3. The third-order valence-corrected chi connectivity index (χ3v) is 1.39. The van der Waals surface area contributed by atoms with Crippen LogP contribution in [-0.4, -0.2) is 4.98 Å². The third-order valence-electron chi connectivity index (χ3n) is 1.39. The van der Waals surface area contributed by atoms with E-state index in [0.29, 0.717) is 5.56 Å². The third kappa shape index (κ3) is 1.02. The molecular weight excluding hydrogens is 126 g/mol. The van der Waals surface area contributed by atoms with Crippen LogP contribution in [0.15, 0.2) is 12.4 Å². The summed E-state index contributed by atoms with van der Waals surface area (Å²) in [5, 5.41) is 8.53. The fourth-order valence-electron chi connectivity index (χ4n) is 0.849. The fourth-order valence-corrected chi connectivity index (χ4v) is 0.849. The average molecular weight is 135 g/mol. The van der Waals surface area contributed by atoms with E-state index >= 15 is 0 Å². The van der Waals surface area contributed by atoms with Crippen molar-refractivity contribution in [3.63, 3.8) is 0 Å². The monoisotopic (exact) mass is 135 g/mol. The quantitative estimate of drug-likeness (QED) is 0.601. The molecule has 10 heavy (non-hydrogen) atoms. The summed E-state index contributed by atoms with van der Waals surface area (Å²) in [6.07, 6.45) is 3.40. The molecule has 1 heterocycles. The van der Waals surface area contributed by atoms with Gasteiger partial charge in [-0.3, -0.25) is 0 Å². The van der Waals surface area contributed by atoms with Crippen molar-refractivity contribution in [1.82, 2.24) is 4.98 Å². The summed E-state index contributed by atoms with van der Waals surface area (Å²) in [5.41, 5.74) is 7.08. The molecule has 52 valence electrons. The maximum atomic E-state index is 8.53. The summed E-state index contributed by atoms with van der Waals surface area (Å²) in [7, 11) is 0. The molecule has 0 amide bonds. The van der Waals surface area contributed by atoms with Crippen LogP contribution in [0, 0.1) is 11.3 Å². The average Bonchev–Trinajstić information content (AvgIpc) is 2.33. The number of nitrogens with two attached hydrogens (primary N) is 1. The summed E-state index contributed by atoms with van der Waals surface area (Å²) < 4.78 is 0. The minimum absolute atomic E-state index is 0.0686. The maximum Gasteiger partial charge on any atom is 0.101 e. The van der Waals surface area contributed by atoms with E-state index in [0.717, 1.165) is 5.56 Å². The van der Waals surface area contributed by atoms with Crippen LogP contribution < -0.4 is 5.73 Å². The molecule has 3 nitrogen and oxygen atoms in total. The predicted octanol–water partition coefficient (Wildman–Crippen LogP) is 0.906. The summed E-state index contributed by atoms with van der Waals surface area (Å²) >= 11 is 0. The molecule has 0 aliphatic heterocycles. The normalized spacial score (nSPS) is 12.5. The lowest BCUT2D eigenvalue weighted by Crippen LogP contribution is -2.04. The molecule has 3 heteroatoms. The minimum atomic E-state index is -0.0686. The number of aromatic nitrogens is 1. The van der Waals surface area contributed by atoms with E-state index in [1.165, 1.54) is 0 Å². The van der Waals surface area contributed by atoms with Crippen LogP contribution in [0.2, 0.25) is 0 Å². The zero-order valence-electron chi connectivity index (χ0n) is 5.76. The van der Waals surface area contributed by atoms with Crippen molar-refractivity contribution >= 4 is 0 Å². The van der Waals surface area contributed by atoms with E-state index in [1.807, 2.05) is 13.0 Å². The first-order valence-electron chi connectivity index (χ1n) is 3.08. The molecule has 0 saturated heterocycles. The number of H-pyrrole nitrogens is 1. The molecule has 0 spiro atoms. The van der Waals surface area contributed by atoms with Gasteiger partial charge in [0.2, 0.25) is 0 Å². The highest BCUT2D eigenvalue weighted by Gasteiger charge is 2.05. The van der Waals surface area contributed by atoms with Gasteiger partial charge in [0, 0.05) is 24.0 Å². The highest BCUT2D eigenvalue weighted by Crippen LogP contribution is 2.12. The Balaban J connectivity index is 3.05. The second-order valence-electron chi connectivity index (χ2n) is 2.22. The zero-order chi connectivity index (χ0) is 7.56. The van der Waals surface area contributed by atoms with Crippen LogP contribution in [0.3, 0.4) is 0 Å². The molecule has 1 rings (SSSR count). The van der Waals surface area contributed by atoms with Crippen molar-refractivity contribution in [1.29, 1.82) is 5.26 Å². The maximum absolute atomic E-state index is 8.53. The summed E-state index contributed by atoms with van der Waals surface area (Å²) in [6, 6.07) is 1.98. The van der Waals surface area contributed by atoms with Crippen molar-refractivity contribution in [2.45, 2.75) is 13.0 Å². The molecule has 0 aromatic carbocycles. The lowest BCUT2D eigenvalue weighted by molar-refractivity contribution is 0.817. The van der Waals surface area contributed by atoms with Gasteiger partial charge in [0.25, 0.3) is 0 Å². The minimum Gasteiger partial charge on any atom is -0.366 e. The van der Waals surface area contributed by atoms with Crippen molar-refractivity contribution < 1.29 is 0 Å². The molecule has 0 saturated carbocycles. The largest absolute Gasteiger partial charge is 0.366 e. The van der Waals surface area contributed by atoms with Crippen molar-refractivity contribution in [3.8, 4) is 6.07 Å². The molecule has 0 aliphatic carbocycles. The van der Waals surface area contributed by atoms with E-state index in [9.17, 15) is 0 Å². The van der Waals surface area contributed by atoms with Crippen molar-refractivity contribution in [2.75, 3.05) is 0 Å². The van der Waals surface area contributed by atoms with Gasteiger partial charge in [-0.1, -0.05) is 0 Å². The van der Waals surface area contributed by atoms with Crippen LogP contribution in [-0.2, 0) is 0 Å².